The van der Waals surface area contributed by atoms with Crippen LogP contribution in [0.15, 0.2) is 36.4 Å². The van der Waals surface area contributed by atoms with Gasteiger partial charge in [0.1, 0.15) is 6.29 Å². The van der Waals surface area contributed by atoms with Gasteiger partial charge in [0, 0.05) is 11.3 Å². The lowest BCUT2D eigenvalue weighted by atomic mass is 10.2. The second-order valence-electron chi connectivity index (χ2n) is 5.28. The molecule has 0 heterocycles. The molecule has 0 aromatic heterocycles. The van der Waals surface area contributed by atoms with Crippen molar-refractivity contribution >= 4 is 35.5 Å². The minimum absolute atomic E-state index is 0.140. The summed E-state index contributed by atoms with van der Waals surface area (Å²) in [7, 11) is 1.24. The van der Waals surface area contributed by atoms with Crippen molar-refractivity contribution in [3.63, 3.8) is 0 Å². The van der Waals surface area contributed by atoms with E-state index in [9.17, 15) is 14.4 Å². The minimum atomic E-state index is -0.607. The first-order valence-electron chi connectivity index (χ1n) is 8.01. The number of rotatable bonds is 8. The molecule has 0 fully saturated rings. The number of hydrogen-bond donors (Lipinski definition) is 1. The van der Waals surface area contributed by atoms with Crippen molar-refractivity contribution in [1.29, 1.82) is 0 Å². The van der Waals surface area contributed by atoms with Crippen molar-refractivity contribution in [2.75, 3.05) is 25.6 Å². The van der Waals surface area contributed by atoms with Crippen LogP contribution in [-0.4, -0.2) is 38.5 Å². The predicted octanol–water partition coefficient (Wildman–Crippen LogP) is 3.36. The van der Waals surface area contributed by atoms with Gasteiger partial charge in [0.05, 0.1) is 24.3 Å². The highest BCUT2D eigenvalue weighted by Gasteiger charge is 2.13. The summed E-state index contributed by atoms with van der Waals surface area (Å²) in [5, 5.41) is 2.82. The van der Waals surface area contributed by atoms with Crippen molar-refractivity contribution in [3.8, 4) is 11.5 Å². The lowest BCUT2D eigenvalue weighted by Gasteiger charge is -2.13. The fourth-order valence-corrected chi connectivity index (χ4v) is 2.39. The number of halogens is 1. The second-order valence-corrected chi connectivity index (χ2v) is 5.69. The van der Waals surface area contributed by atoms with Crippen LogP contribution in [0.5, 0.6) is 11.5 Å². The number of benzene rings is 2. The zero-order valence-electron chi connectivity index (χ0n) is 14.8. The van der Waals surface area contributed by atoms with Gasteiger partial charge < -0.3 is 19.5 Å². The van der Waals surface area contributed by atoms with E-state index >= 15 is 0 Å². The molecule has 0 bridgehead atoms. The Kier molecular flexibility index (Phi) is 7.19. The molecule has 1 N–H and O–H groups in total. The van der Waals surface area contributed by atoms with E-state index in [1.54, 1.807) is 25.1 Å². The zero-order chi connectivity index (χ0) is 19.8. The number of hydrogen-bond acceptors (Lipinski definition) is 6. The summed E-state index contributed by atoms with van der Waals surface area (Å²) in [5.74, 6) is -0.350. The Morgan fingerprint density at radius 3 is 2.56 bits per heavy atom. The van der Waals surface area contributed by atoms with Crippen molar-refractivity contribution < 1.29 is 28.6 Å². The average Bonchev–Trinajstić information content (AvgIpc) is 2.68. The first-order chi connectivity index (χ1) is 13.0. The maximum Gasteiger partial charge on any atom is 0.339 e. The van der Waals surface area contributed by atoms with Crippen LogP contribution in [0.2, 0.25) is 5.02 Å². The van der Waals surface area contributed by atoms with Crippen LogP contribution in [0.1, 0.15) is 27.6 Å². The van der Waals surface area contributed by atoms with Crippen LogP contribution in [-0.2, 0) is 9.53 Å². The number of ether oxygens (including phenoxy) is 3. The van der Waals surface area contributed by atoms with Gasteiger partial charge >= 0.3 is 5.97 Å². The Bertz CT molecular complexity index is 852. The lowest BCUT2D eigenvalue weighted by molar-refractivity contribution is -0.118. The van der Waals surface area contributed by atoms with Gasteiger partial charge in [-0.2, -0.15) is 0 Å². The molecule has 0 radical (unpaired) electrons. The maximum absolute atomic E-state index is 12.1. The van der Waals surface area contributed by atoms with E-state index in [4.69, 9.17) is 21.1 Å². The number of anilines is 1. The molecule has 142 valence electrons. The first kappa shape index (κ1) is 20.3. The maximum atomic E-state index is 12.1. The summed E-state index contributed by atoms with van der Waals surface area (Å²) < 4.78 is 15.5. The minimum Gasteiger partial charge on any atom is -0.490 e. The Morgan fingerprint density at radius 1 is 1.11 bits per heavy atom. The smallest absolute Gasteiger partial charge is 0.339 e. The number of methoxy groups -OCH3 is 1. The average molecular weight is 392 g/mol. The van der Waals surface area contributed by atoms with E-state index in [2.05, 4.69) is 10.1 Å². The molecule has 0 aliphatic heterocycles. The van der Waals surface area contributed by atoms with Gasteiger partial charge in [-0.05, 0) is 43.3 Å². The van der Waals surface area contributed by atoms with Gasteiger partial charge in [0.2, 0.25) is 0 Å². The number of carbonyl (C=O) groups excluding carboxylic acids is 3. The Labute approximate surface area is 161 Å². The topological polar surface area (TPSA) is 90.9 Å². The van der Waals surface area contributed by atoms with Crippen molar-refractivity contribution in [1.82, 2.24) is 0 Å². The molecule has 0 saturated heterocycles. The third-order valence-corrected chi connectivity index (χ3v) is 3.75. The van der Waals surface area contributed by atoms with E-state index in [1.807, 2.05) is 0 Å². The number of amides is 1. The van der Waals surface area contributed by atoms with Gasteiger partial charge in [-0.1, -0.05) is 11.6 Å². The van der Waals surface area contributed by atoms with Gasteiger partial charge in [-0.3, -0.25) is 9.59 Å². The van der Waals surface area contributed by atoms with E-state index in [-0.39, 0.29) is 17.2 Å². The third-order valence-electron chi connectivity index (χ3n) is 3.42. The standard InChI is InChI=1S/C19H18ClNO6/c1-3-26-17-8-12(10-22)4-7-16(17)27-11-18(23)21-13-5-6-15(20)14(9-13)19(24)25-2/h4-10H,3,11H2,1-2H3,(H,21,23). The molecule has 0 unspecified atom stereocenters. The number of aldehydes is 1. The molecule has 8 heteroatoms. The first-order valence-corrected chi connectivity index (χ1v) is 8.38. The van der Waals surface area contributed by atoms with Crippen molar-refractivity contribution in [2.45, 2.75) is 6.92 Å². The summed E-state index contributed by atoms with van der Waals surface area (Å²) in [4.78, 5) is 34.6. The Balaban J connectivity index is 2.05. The molecular weight excluding hydrogens is 374 g/mol. The van der Waals surface area contributed by atoms with Crippen LogP contribution in [0.25, 0.3) is 0 Å². The molecule has 2 rings (SSSR count). The Hall–Kier alpha value is -3.06. The van der Waals surface area contributed by atoms with Gasteiger partial charge in [-0.25, -0.2) is 4.79 Å². The summed E-state index contributed by atoms with van der Waals surface area (Å²) in [6.45, 7) is 1.88. The molecule has 0 spiro atoms. The summed E-state index contributed by atoms with van der Waals surface area (Å²) in [5.41, 5.74) is 0.947. The number of esters is 1. The Morgan fingerprint density at radius 2 is 1.89 bits per heavy atom. The third kappa shape index (κ3) is 5.46. The van der Waals surface area contributed by atoms with Crippen molar-refractivity contribution in [3.05, 3.63) is 52.5 Å². The van der Waals surface area contributed by atoms with Crippen LogP contribution in [0, 0.1) is 0 Å². The van der Waals surface area contributed by atoms with Crippen LogP contribution < -0.4 is 14.8 Å². The fourth-order valence-electron chi connectivity index (χ4n) is 2.20. The fraction of sp³-hybridized carbons (Fsp3) is 0.211. The molecular formula is C19H18ClNO6. The predicted molar refractivity (Wildman–Crippen MR) is 99.9 cm³/mol. The van der Waals surface area contributed by atoms with Gasteiger partial charge in [-0.15, -0.1) is 0 Å². The summed E-state index contributed by atoms with van der Waals surface area (Å²) in [6.07, 6.45) is 0.693. The monoisotopic (exact) mass is 391 g/mol. The lowest BCUT2D eigenvalue weighted by Crippen LogP contribution is -2.20. The van der Waals surface area contributed by atoms with Gasteiger partial charge in [0.25, 0.3) is 5.91 Å². The normalized spacial score (nSPS) is 10.0. The summed E-state index contributed by atoms with van der Waals surface area (Å²) >= 11 is 5.94. The molecule has 27 heavy (non-hydrogen) atoms. The molecule has 0 aliphatic carbocycles. The molecule has 7 nitrogen and oxygen atoms in total. The van der Waals surface area contributed by atoms with E-state index in [1.165, 1.54) is 25.3 Å². The van der Waals surface area contributed by atoms with E-state index < -0.39 is 11.9 Å². The highest BCUT2D eigenvalue weighted by molar-refractivity contribution is 6.33. The highest BCUT2D eigenvalue weighted by atomic mass is 35.5. The molecule has 0 atom stereocenters. The molecule has 0 saturated carbocycles. The van der Waals surface area contributed by atoms with Crippen LogP contribution in [0.4, 0.5) is 5.69 Å². The number of nitrogens with one attached hydrogen (secondary N) is 1. The molecule has 2 aromatic carbocycles. The largest absolute Gasteiger partial charge is 0.490 e. The zero-order valence-corrected chi connectivity index (χ0v) is 15.5. The van der Waals surface area contributed by atoms with Crippen molar-refractivity contribution in [2.24, 2.45) is 0 Å². The molecule has 1 amide bonds. The van der Waals surface area contributed by atoms with Crippen LogP contribution >= 0.6 is 11.6 Å². The van der Waals surface area contributed by atoms with Crippen LogP contribution in [0.3, 0.4) is 0 Å². The van der Waals surface area contributed by atoms with E-state index in [0.29, 0.717) is 35.6 Å². The number of carbonyl (C=O) groups is 3. The highest BCUT2D eigenvalue weighted by Crippen LogP contribution is 2.28. The van der Waals surface area contributed by atoms with Gasteiger partial charge in [0.15, 0.2) is 18.1 Å². The second kappa shape index (κ2) is 9.59. The quantitative estimate of drug-likeness (QED) is 0.548. The summed E-state index contributed by atoms with van der Waals surface area (Å²) in [6, 6.07) is 9.10. The SMILES string of the molecule is CCOc1cc(C=O)ccc1OCC(=O)Nc1ccc(Cl)c(C(=O)OC)c1. The molecule has 2 aromatic rings. The molecule has 0 aliphatic rings. The van der Waals surface area contributed by atoms with E-state index in [0.717, 1.165) is 0 Å².